The molecule has 0 bridgehead atoms. The van der Waals surface area contributed by atoms with E-state index in [0.717, 1.165) is 0 Å². The van der Waals surface area contributed by atoms with Crippen molar-refractivity contribution in [1.29, 1.82) is 0 Å². The fourth-order valence-electron chi connectivity index (χ4n) is 3.38. The molecule has 1 saturated heterocycles. The Hall–Kier alpha value is -2.77. The van der Waals surface area contributed by atoms with Crippen LogP contribution in [0.15, 0.2) is 42.5 Å². The molecule has 2 aromatic carbocycles. The number of carbonyl (C=O) groups excluding carboxylic acids is 1. The number of urea groups is 1. The quantitative estimate of drug-likeness (QED) is 0.847. The molecular weight excluding hydrogens is 361 g/mol. The van der Waals surface area contributed by atoms with E-state index in [1.807, 2.05) is 0 Å². The molecule has 1 atom stereocenters. The smallest absolute Gasteiger partial charge is 0.412 e. The second-order valence-corrected chi connectivity index (χ2v) is 6.59. The molecule has 2 amide bonds. The summed E-state index contributed by atoms with van der Waals surface area (Å²) in [7, 11) is 0. The van der Waals surface area contributed by atoms with Gasteiger partial charge in [0, 0.05) is 13.1 Å². The third kappa shape index (κ3) is 4.15. The Kier molecular flexibility index (Phi) is 5.25. The van der Waals surface area contributed by atoms with Gasteiger partial charge in [-0.3, -0.25) is 4.79 Å². The summed E-state index contributed by atoms with van der Waals surface area (Å²) >= 11 is 0. The second-order valence-electron chi connectivity index (χ2n) is 6.59. The van der Waals surface area contributed by atoms with Gasteiger partial charge in [-0.1, -0.05) is 42.5 Å². The van der Waals surface area contributed by atoms with Crippen molar-refractivity contribution >= 4 is 22.8 Å². The fraction of sp³-hybridized carbons (Fsp3) is 0.368. The molecule has 1 aliphatic heterocycles. The molecule has 2 N–H and O–H groups in total. The van der Waals surface area contributed by atoms with Crippen LogP contribution in [0, 0.1) is 5.92 Å². The predicted octanol–water partition coefficient (Wildman–Crippen LogP) is 3.95. The first-order chi connectivity index (χ1) is 12.8. The van der Waals surface area contributed by atoms with Crippen LogP contribution in [0.4, 0.5) is 18.0 Å². The van der Waals surface area contributed by atoms with Crippen LogP contribution in [0.25, 0.3) is 10.8 Å². The minimum atomic E-state index is -4.67. The Labute approximate surface area is 153 Å². The summed E-state index contributed by atoms with van der Waals surface area (Å²) in [5.41, 5.74) is -0.0191. The summed E-state index contributed by atoms with van der Waals surface area (Å²) < 4.78 is 41.2. The van der Waals surface area contributed by atoms with E-state index < -0.39 is 30.1 Å². The molecule has 0 spiro atoms. The Morgan fingerprint density at radius 2 is 1.70 bits per heavy atom. The molecule has 1 heterocycles. The maximum Gasteiger partial charge on any atom is 0.412 e. The van der Waals surface area contributed by atoms with Gasteiger partial charge in [0.25, 0.3) is 0 Å². The molecule has 5 nitrogen and oxygen atoms in total. The zero-order valence-corrected chi connectivity index (χ0v) is 14.4. The van der Waals surface area contributed by atoms with Gasteiger partial charge < -0.3 is 15.3 Å². The molecule has 0 radical (unpaired) electrons. The lowest BCUT2D eigenvalue weighted by Gasteiger charge is -2.32. The highest BCUT2D eigenvalue weighted by Crippen LogP contribution is 2.36. The number of carboxylic acids is 1. The topological polar surface area (TPSA) is 69.6 Å². The summed E-state index contributed by atoms with van der Waals surface area (Å²) in [6.07, 6.45) is -4.21. The van der Waals surface area contributed by atoms with Crippen molar-refractivity contribution in [1.82, 2.24) is 10.2 Å². The van der Waals surface area contributed by atoms with Gasteiger partial charge >= 0.3 is 18.2 Å². The molecular formula is C19H19F3N2O3. The molecule has 1 aliphatic rings. The number of aliphatic carboxylic acids is 1. The number of rotatable bonds is 3. The Morgan fingerprint density at radius 1 is 1.07 bits per heavy atom. The minimum absolute atomic E-state index is 0.0191. The van der Waals surface area contributed by atoms with Gasteiger partial charge in [-0.25, -0.2) is 4.79 Å². The van der Waals surface area contributed by atoms with Crippen LogP contribution in [-0.4, -0.2) is 41.3 Å². The molecule has 0 aromatic heterocycles. The molecule has 2 aromatic rings. The Bertz CT molecular complexity index is 840. The number of piperidine rings is 1. The van der Waals surface area contributed by atoms with Gasteiger partial charge in [-0.2, -0.15) is 13.2 Å². The first-order valence-corrected chi connectivity index (χ1v) is 8.60. The molecule has 0 saturated carbocycles. The monoisotopic (exact) mass is 380 g/mol. The second kappa shape index (κ2) is 7.46. The lowest BCUT2D eigenvalue weighted by atomic mass is 9.97. The number of amides is 2. The molecule has 1 fully saturated rings. The van der Waals surface area contributed by atoms with Crippen LogP contribution in [-0.2, 0) is 4.79 Å². The van der Waals surface area contributed by atoms with Crippen LogP contribution in [0.1, 0.15) is 24.4 Å². The highest BCUT2D eigenvalue weighted by atomic mass is 19.4. The summed E-state index contributed by atoms with van der Waals surface area (Å²) in [6, 6.07) is 8.31. The number of carboxylic acid groups (broad SMARTS) is 1. The Balaban J connectivity index is 1.82. The first-order valence-electron chi connectivity index (χ1n) is 8.60. The summed E-state index contributed by atoms with van der Waals surface area (Å²) in [5, 5.41) is 12.2. The summed E-state index contributed by atoms with van der Waals surface area (Å²) in [4.78, 5) is 24.6. The van der Waals surface area contributed by atoms with E-state index in [4.69, 9.17) is 5.11 Å². The SMILES string of the molecule is O=C(O)C1CCN(C(=O)NC(c2cccc3ccccc23)C(F)(F)F)CC1. The average Bonchev–Trinajstić information content (AvgIpc) is 2.64. The molecule has 27 heavy (non-hydrogen) atoms. The first kappa shape index (κ1) is 19.0. The maximum atomic E-state index is 13.7. The maximum absolute atomic E-state index is 13.7. The standard InChI is InChI=1S/C19H19F3N2O3/c20-19(21,22)16(15-7-3-5-12-4-1-2-6-14(12)15)23-18(27)24-10-8-13(9-11-24)17(25)26/h1-7,13,16H,8-11H2,(H,23,27)(H,25,26). The largest absolute Gasteiger partial charge is 0.481 e. The van der Waals surface area contributed by atoms with Crippen LogP contribution < -0.4 is 5.32 Å². The van der Waals surface area contributed by atoms with Gasteiger partial charge in [0.05, 0.1) is 5.92 Å². The van der Waals surface area contributed by atoms with Crippen molar-refractivity contribution in [3.63, 3.8) is 0 Å². The molecule has 3 rings (SSSR count). The zero-order chi connectivity index (χ0) is 19.6. The number of alkyl halides is 3. The normalized spacial score (nSPS) is 16.9. The highest BCUT2D eigenvalue weighted by Gasteiger charge is 2.43. The number of fused-ring (bicyclic) bond motifs is 1. The summed E-state index contributed by atoms with van der Waals surface area (Å²) in [6.45, 7) is 0.228. The van der Waals surface area contributed by atoms with Crippen LogP contribution >= 0.6 is 0 Å². The van der Waals surface area contributed by atoms with Crippen molar-refractivity contribution in [2.75, 3.05) is 13.1 Å². The lowest BCUT2D eigenvalue weighted by Crippen LogP contribution is -2.49. The molecule has 0 aliphatic carbocycles. The number of carbonyl (C=O) groups is 2. The third-order valence-corrected chi connectivity index (χ3v) is 4.86. The van der Waals surface area contributed by atoms with Gasteiger partial charge in [0.2, 0.25) is 0 Å². The number of likely N-dealkylation sites (tertiary alicyclic amines) is 1. The van der Waals surface area contributed by atoms with Crippen molar-refractivity contribution < 1.29 is 27.9 Å². The molecule has 8 heteroatoms. The zero-order valence-electron chi connectivity index (χ0n) is 14.4. The van der Waals surface area contributed by atoms with Crippen molar-refractivity contribution in [3.8, 4) is 0 Å². The van der Waals surface area contributed by atoms with E-state index in [0.29, 0.717) is 10.8 Å². The third-order valence-electron chi connectivity index (χ3n) is 4.86. The van der Waals surface area contributed by atoms with Crippen LogP contribution in [0.2, 0.25) is 0 Å². The molecule has 1 unspecified atom stereocenters. The predicted molar refractivity (Wildman–Crippen MR) is 93.2 cm³/mol. The lowest BCUT2D eigenvalue weighted by molar-refractivity contribution is -0.155. The van der Waals surface area contributed by atoms with E-state index in [1.54, 1.807) is 30.3 Å². The van der Waals surface area contributed by atoms with E-state index in [9.17, 15) is 22.8 Å². The van der Waals surface area contributed by atoms with Crippen LogP contribution in [0.3, 0.4) is 0 Å². The Morgan fingerprint density at radius 3 is 2.33 bits per heavy atom. The highest BCUT2D eigenvalue weighted by molar-refractivity contribution is 5.87. The van der Waals surface area contributed by atoms with Gasteiger partial charge in [-0.05, 0) is 29.2 Å². The van der Waals surface area contributed by atoms with Gasteiger partial charge in [0.1, 0.15) is 0 Å². The van der Waals surface area contributed by atoms with E-state index >= 15 is 0 Å². The number of hydrogen-bond donors (Lipinski definition) is 2. The van der Waals surface area contributed by atoms with Gasteiger partial charge in [-0.15, -0.1) is 0 Å². The summed E-state index contributed by atoms with van der Waals surface area (Å²) in [5.74, 6) is -1.51. The van der Waals surface area contributed by atoms with Crippen molar-refractivity contribution in [2.45, 2.75) is 25.1 Å². The fourth-order valence-corrected chi connectivity index (χ4v) is 3.38. The van der Waals surface area contributed by atoms with E-state index in [2.05, 4.69) is 5.32 Å². The minimum Gasteiger partial charge on any atom is -0.481 e. The van der Waals surface area contributed by atoms with Crippen molar-refractivity contribution in [3.05, 3.63) is 48.0 Å². The van der Waals surface area contributed by atoms with E-state index in [-0.39, 0.29) is 31.5 Å². The number of nitrogens with zero attached hydrogens (tertiary/aromatic N) is 1. The van der Waals surface area contributed by atoms with Gasteiger partial charge in [0.15, 0.2) is 6.04 Å². The van der Waals surface area contributed by atoms with Crippen LogP contribution in [0.5, 0.6) is 0 Å². The average molecular weight is 380 g/mol. The number of halogens is 3. The number of nitrogens with one attached hydrogen (secondary N) is 1. The number of benzene rings is 2. The number of hydrogen-bond acceptors (Lipinski definition) is 2. The van der Waals surface area contributed by atoms with Crippen molar-refractivity contribution in [2.24, 2.45) is 5.92 Å². The molecule has 144 valence electrons. The van der Waals surface area contributed by atoms with E-state index in [1.165, 1.54) is 17.0 Å².